The maximum absolute atomic E-state index is 12.0. The lowest BCUT2D eigenvalue weighted by Crippen LogP contribution is -2.55. The topological polar surface area (TPSA) is 65.4 Å². The van der Waals surface area contributed by atoms with Crippen molar-refractivity contribution in [3.8, 4) is 0 Å². The highest BCUT2D eigenvalue weighted by molar-refractivity contribution is 6.08. The van der Waals surface area contributed by atoms with Crippen LogP contribution in [0.4, 0.5) is 4.79 Å². The summed E-state index contributed by atoms with van der Waals surface area (Å²) < 4.78 is 5.68. The normalized spacial score (nSPS) is 37.7. The van der Waals surface area contributed by atoms with E-state index in [1.54, 1.807) is 0 Å². The van der Waals surface area contributed by atoms with Gasteiger partial charge in [0.05, 0.1) is 6.10 Å². The number of amides is 2. The van der Waals surface area contributed by atoms with Crippen molar-refractivity contribution in [3.63, 3.8) is 0 Å². The van der Waals surface area contributed by atoms with Crippen LogP contribution in [0.1, 0.15) is 39.0 Å². The number of hydrogen-bond acceptors (Lipinski definition) is 3. The minimum atomic E-state index is -0.392. The van der Waals surface area contributed by atoms with Gasteiger partial charge < -0.3 is 9.64 Å². The number of rotatable bonds is 2. The van der Waals surface area contributed by atoms with Crippen LogP contribution in [0.5, 0.6) is 0 Å². The molecule has 2 saturated heterocycles. The van der Waals surface area contributed by atoms with Crippen molar-refractivity contribution in [1.29, 1.82) is 5.41 Å². The average molecular weight is 237 g/mol. The summed E-state index contributed by atoms with van der Waals surface area (Å²) in [4.78, 5) is 13.9. The highest BCUT2D eigenvalue weighted by Crippen LogP contribution is 2.42. The Bertz CT molecular complexity index is 367. The zero-order chi connectivity index (χ0) is 12.0. The van der Waals surface area contributed by atoms with Crippen LogP contribution in [0.2, 0.25) is 0 Å². The Balaban J connectivity index is 1.91. The molecule has 2 atom stereocenters. The lowest BCUT2D eigenvalue weighted by atomic mass is 9.84. The van der Waals surface area contributed by atoms with Crippen LogP contribution in [0.15, 0.2) is 0 Å². The quantitative estimate of drug-likeness (QED) is 0.764. The van der Waals surface area contributed by atoms with Gasteiger partial charge in [0, 0.05) is 25.5 Å². The molecule has 5 nitrogen and oxygen atoms in total. The van der Waals surface area contributed by atoms with Crippen molar-refractivity contribution < 1.29 is 9.53 Å². The molecular formula is C12H19N3O2. The van der Waals surface area contributed by atoms with Gasteiger partial charge in [0.1, 0.15) is 11.4 Å². The van der Waals surface area contributed by atoms with Gasteiger partial charge >= 0.3 is 6.03 Å². The van der Waals surface area contributed by atoms with Gasteiger partial charge in [-0.3, -0.25) is 10.7 Å². The Kier molecular flexibility index (Phi) is 2.40. The Morgan fingerprint density at radius 1 is 1.59 bits per heavy atom. The molecule has 3 aliphatic rings. The first-order valence-corrected chi connectivity index (χ1v) is 6.48. The number of nitrogens with one attached hydrogen (secondary N) is 2. The fourth-order valence-corrected chi connectivity index (χ4v) is 3.09. The lowest BCUT2D eigenvalue weighted by Gasteiger charge is -2.42. The van der Waals surface area contributed by atoms with E-state index in [9.17, 15) is 4.79 Å². The zero-order valence-electron chi connectivity index (χ0n) is 10.2. The zero-order valence-corrected chi connectivity index (χ0v) is 10.2. The molecular weight excluding hydrogens is 218 g/mol. The van der Waals surface area contributed by atoms with Gasteiger partial charge in [-0.15, -0.1) is 0 Å². The van der Waals surface area contributed by atoms with Crippen molar-refractivity contribution in [2.24, 2.45) is 0 Å². The van der Waals surface area contributed by atoms with Crippen LogP contribution in [-0.2, 0) is 4.74 Å². The summed E-state index contributed by atoms with van der Waals surface area (Å²) in [5, 5.41) is 10.8. The molecule has 0 aromatic heterocycles. The Hall–Kier alpha value is -1.10. The molecule has 3 fully saturated rings. The van der Waals surface area contributed by atoms with Gasteiger partial charge in [-0.2, -0.15) is 0 Å². The first-order chi connectivity index (χ1) is 8.17. The Labute approximate surface area is 101 Å². The molecule has 2 amide bonds. The van der Waals surface area contributed by atoms with E-state index in [1.807, 2.05) is 4.90 Å². The second-order valence-electron chi connectivity index (χ2n) is 5.29. The fraction of sp³-hybridized carbons (Fsp3) is 0.833. The van der Waals surface area contributed by atoms with Crippen LogP contribution < -0.4 is 5.32 Å². The predicted molar refractivity (Wildman–Crippen MR) is 63.1 cm³/mol. The van der Waals surface area contributed by atoms with Crippen molar-refractivity contribution in [2.75, 3.05) is 6.61 Å². The third-order valence-electron chi connectivity index (χ3n) is 4.18. The van der Waals surface area contributed by atoms with Crippen LogP contribution in [0, 0.1) is 5.41 Å². The predicted octanol–water partition coefficient (Wildman–Crippen LogP) is 1.48. The minimum absolute atomic E-state index is 0.0748. The first kappa shape index (κ1) is 11.0. The number of hydrogen-bond donors (Lipinski definition) is 2. The fourth-order valence-electron chi connectivity index (χ4n) is 3.09. The van der Waals surface area contributed by atoms with Crippen molar-refractivity contribution in [1.82, 2.24) is 10.2 Å². The van der Waals surface area contributed by atoms with E-state index >= 15 is 0 Å². The molecule has 3 rings (SSSR count). The Morgan fingerprint density at radius 2 is 2.35 bits per heavy atom. The SMILES string of the molecule is CCC1CC2(CCO1)C(=N)NC(=O)N2C1CC1. The monoisotopic (exact) mass is 237 g/mol. The summed E-state index contributed by atoms with van der Waals surface area (Å²) >= 11 is 0. The molecule has 0 bridgehead atoms. The van der Waals surface area contributed by atoms with E-state index in [0.717, 1.165) is 32.1 Å². The second-order valence-corrected chi connectivity index (χ2v) is 5.29. The minimum Gasteiger partial charge on any atom is -0.378 e. The number of carbonyl (C=O) groups is 1. The maximum Gasteiger partial charge on any atom is 0.323 e. The number of amidine groups is 1. The highest BCUT2D eigenvalue weighted by atomic mass is 16.5. The summed E-state index contributed by atoms with van der Waals surface area (Å²) in [5.74, 6) is 0.385. The molecule has 0 radical (unpaired) electrons. The van der Waals surface area contributed by atoms with E-state index < -0.39 is 5.54 Å². The molecule has 94 valence electrons. The smallest absolute Gasteiger partial charge is 0.323 e. The van der Waals surface area contributed by atoms with Crippen molar-refractivity contribution in [3.05, 3.63) is 0 Å². The van der Waals surface area contributed by atoms with Crippen LogP contribution in [0.25, 0.3) is 0 Å². The van der Waals surface area contributed by atoms with E-state index in [0.29, 0.717) is 18.5 Å². The largest absolute Gasteiger partial charge is 0.378 e. The average Bonchev–Trinajstić information content (AvgIpc) is 3.10. The summed E-state index contributed by atoms with van der Waals surface area (Å²) in [6, 6.07) is 0.280. The summed E-state index contributed by atoms with van der Waals surface area (Å²) in [5.41, 5.74) is -0.392. The second kappa shape index (κ2) is 3.70. The number of urea groups is 1. The molecule has 5 heteroatoms. The summed E-state index contributed by atoms with van der Waals surface area (Å²) in [6.45, 7) is 2.75. The number of nitrogens with zero attached hydrogens (tertiary/aromatic N) is 1. The molecule has 1 aliphatic carbocycles. The Morgan fingerprint density at radius 3 is 3.00 bits per heavy atom. The standard InChI is InChI=1S/C12H19N3O2/c1-2-9-7-12(5-6-17-9)10(13)14-11(16)15(12)8-3-4-8/h8-9H,2-7H2,1H3,(H2,13,14,16). The van der Waals surface area contributed by atoms with Crippen molar-refractivity contribution in [2.45, 2.75) is 56.7 Å². The van der Waals surface area contributed by atoms with E-state index in [1.165, 1.54) is 0 Å². The van der Waals surface area contributed by atoms with Gasteiger partial charge in [0.15, 0.2) is 0 Å². The van der Waals surface area contributed by atoms with Crippen molar-refractivity contribution >= 4 is 11.9 Å². The van der Waals surface area contributed by atoms with E-state index in [-0.39, 0.29) is 12.1 Å². The van der Waals surface area contributed by atoms with E-state index in [2.05, 4.69) is 12.2 Å². The van der Waals surface area contributed by atoms with E-state index in [4.69, 9.17) is 10.1 Å². The molecule has 0 aromatic carbocycles. The van der Waals surface area contributed by atoms with Gasteiger partial charge in [0.2, 0.25) is 0 Å². The molecule has 2 aliphatic heterocycles. The first-order valence-electron chi connectivity index (χ1n) is 6.48. The van der Waals surface area contributed by atoms with Gasteiger partial charge in [-0.05, 0) is 19.3 Å². The molecule has 17 heavy (non-hydrogen) atoms. The van der Waals surface area contributed by atoms with Crippen LogP contribution in [-0.4, -0.2) is 41.1 Å². The lowest BCUT2D eigenvalue weighted by molar-refractivity contribution is -0.0352. The van der Waals surface area contributed by atoms with Crippen LogP contribution in [0.3, 0.4) is 0 Å². The summed E-state index contributed by atoms with van der Waals surface area (Å²) in [6.07, 6.45) is 4.83. The molecule has 2 N–H and O–H groups in total. The molecule has 2 heterocycles. The molecule has 1 saturated carbocycles. The molecule has 1 spiro atoms. The number of ether oxygens (including phenoxy) is 1. The van der Waals surface area contributed by atoms with Gasteiger partial charge in [0.25, 0.3) is 0 Å². The third-order valence-corrected chi connectivity index (χ3v) is 4.18. The van der Waals surface area contributed by atoms with Crippen LogP contribution >= 0.6 is 0 Å². The third kappa shape index (κ3) is 1.56. The number of carbonyl (C=O) groups excluding carboxylic acids is 1. The summed E-state index contributed by atoms with van der Waals surface area (Å²) in [7, 11) is 0. The highest BCUT2D eigenvalue weighted by Gasteiger charge is 2.56. The van der Waals surface area contributed by atoms with Gasteiger partial charge in [-0.25, -0.2) is 4.79 Å². The maximum atomic E-state index is 12.0. The molecule has 2 unspecified atom stereocenters. The molecule has 0 aromatic rings. The van der Waals surface area contributed by atoms with Gasteiger partial charge in [-0.1, -0.05) is 6.92 Å².